The highest BCUT2D eigenvalue weighted by Gasteiger charge is 2.21. The zero-order chi connectivity index (χ0) is 12.2. The van der Waals surface area contributed by atoms with Gasteiger partial charge in [0, 0.05) is 12.3 Å². The minimum atomic E-state index is -0.512. The van der Waals surface area contributed by atoms with Crippen LogP contribution in [0.4, 0.5) is 11.5 Å². The summed E-state index contributed by atoms with van der Waals surface area (Å²) >= 11 is 0. The highest BCUT2D eigenvalue weighted by Crippen LogP contribution is 2.19. The SMILES string of the molecule is CCC(C)(CO)Nc1cc([N+](=O)[O-])ccn1. The zero-order valence-corrected chi connectivity index (χ0v) is 9.30. The largest absolute Gasteiger partial charge is 0.394 e. The molecule has 0 aliphatic rings. The van der Waals surface area contributed by atoms with Crippen LogP contribution in [0.5, 0.6) is 0 Å². The molecule has 1 rings (SSSR count). The van der Waals surface area contributed by atoms with Crippen LogP contribution in [-0.2, 0) is 0 Å². The van der Waals surface area contributed by atoms with Gasteiger partial charge in [-0.25, -0.2) is 4.98 Å². The molecule has 0 radical (unpaired) electrons. The second kappa shape index (κ2) is 4.89. The normalized spacial score (nSPS) is 14.2. The molecule has 0 aliphatic carbocycles. The Hall–Kier alpha value is -1.69. The van der Waals surface area contributed by atoms with Crippen LogP contribution in [0.25, 0.3) is 0 Å². The molecule has 1 heterocycles. The van der Waals surface area contributed by atoms with E-state index in [1.807, 2.05) is 13.8 Å². The van der Waals surface area contributed by atoms with Gasteiger partial charge in [0.15, 0.2) is 0 Å². The maximum absolute atomic E-state index is 10.6. The maximum atomic E-state index is 10.6. The molecule has 0 spiro atoms. The summed E-state index contributed by atoms with van der Waals surface area (Å²) in [5.41, 5.74) is -0.531. The number of aliphatic hydroxyl groups is 1. The smallest absolute Gasteiger partial charge is 0.274 e. The summed E-state index contributed by atoms with van der Waals surface area (Å²) in [4.78, 5) is 14.1. The van der Waals surface area contributed by atoms with Crippen molar-refractivity contribution in [2.75, 3.05) is 11.9 Å². The van der Waals surface area contributed by atoms with E-state index in [2.05, 4.69) is 10.3 Å². The summed E-state index contributed by atoms with van der Waals surface area (Å²) in [5, 5.41) is 22.7. The monoisotopic (exact) mass is 225 g/mol. The minimum absolute atomic E-state index is 0.0195. The summed E-state index contributed by atoms with van der Waals surface area (Å²) < 4.78 is 0. The number of rotatable bonds is 5. The van der Waals surface area contributed by atoms with Crippen molar-refractivity contribution in [3.63, 3.8) is 0 Å². The predicted octanol–water partition coefficient (Wildman–Crippen LogP) is 1.56. The van der Waals surface area contributed by atoms with Crippen molar-refractivity contribution < 1.29 is 10.0 Å². The van der Waals surface area contributed by atoms with Crippen molar-refractivity contribution in [1.29, 1.82) is 0 Å². The first-order valence-corrected chi connectivity index (χ1v) is 5.00. The van der Waals surface area contributed by atoms with E-state index in [0.717, 1.165) is 0 Å². The molecular weight excluding hydrogens is 210 g/mol. The minimum Gasteiger partial charge on any atom is -0.394 e. The lowest BCUT2D eigenvalue weighted by atomic mass is 10.0. The third kappa shape index (κ3) is 2.90. The summed E-state index contributed by atoms with van der Waals surface area (Å²) in [6.45, 7) is 3.68. The van der Waals surface area contributed by atoms with Gasteiger partial charge >= 0.3 is 0 Å². The van der Waals surface area contributed by atoms with Crippen molar-refractivity contribution in [3.05, 3.63) is 28.4 Å². The van der Waals surface area contributed by atoms with Crippen LogP contribution in [0.1, 0.15) is 20.3 Å². The van der Waals surface area contributed by atoms with E-state index in [4.69, 9.17) is 0 Å². The van der Waals surface area contributed by atoms with E-state index in [1.165, 1.54) is 18.3 Å². The van der Waals surface area contributed by atoms with Crippen LogP contribution < -0.4 is 5.32 Å². The van der Waals surface area contributed by atoms with Gasteiger partial charge < -0.3 is 10.4 Å². The summed E-state index contributed by atoms with van der Waals surface area (Å²) in [6.07, 6.45) is 2.06. The first-order valence-electron chi connectivity index (χ1n) is 5.00. The van der Waals surface area contributed by atoms with Crippen LogP contribution in [0.3, 0.4) is 0 Å². The predicted molar refractivity (Wildman–Crippen MR) is 60.3 cm³/mol. The van der Waals surface area contributed by atoms with Gasteiger partial charge in [0.1, 0.15) is 5.82 Å². The first kappa shape index (κ1) is 12.4. The lowest BCUT2D eigenvalue weighted by molar-refractivity contribution is -0.384. The van der Waals surface area contributed by atoms with Crippen molar-refractivity contribution in [3.8, 4) is 0 Å². The highest BCUT2D eigenvalue weighted by atomic mass is 16.6. The van der Waals surface area contributed by atoms with Gasteiger partial charge in [-0.05, 0) is 13.3 Å². The van der Waals surface area contributed by atoms with Crippen LogP contribution in [0.2, 0.25) is 0 Å². The average Bonchev–Trinajstić information content (AvgIpc) is 2.29. The molecule has 0 bridgehead atoms. The number of nitrogens with zero attached hydrogens (tertiary/aromatic N) is 2. The Balaban J connectivity index is 2.89. The van der Waals surface area contributed by atoms with Crippen molar-refractivity contribution in [1.82, 2.24) is 4.98 Å². The Kier molecular flexibility index (Phi) is 3.78. The fraction of sp³-hybridized carbons (Fsp3) is 0.500. The van der Waals surface area contributed by atoms with E-state index in [-0.39, 0.29) is 12.3 Å². The molecule has 1 atom stereocenters. The van der Waals surface area contributed by atoms with E-state index in [9.17, 15) is 15.2 Å². The molecule has 1 aromatic heterocycles. The van der Waals surface area contributed by atoms with Gasteiger partial charge in [0.2, 0.25) is 0 Å². The van der Waals surface area contributed by atoms with Gasteiger partial charge in [0.25, 0.3) is 5.69 Å². The Labute approximate surface area is 93.5 Å². The Morgan fingerprint density at radius 1 is 1.69 bits per heavy atom. The molecule has 0 fully saturated rings. The van der Waals surface area contributed by atoms with E-state index in [1.54, 1.807) is 0 Å². The molecule has 0 aliphatic heterocycles. The number of nitrogens with one attached hydrogen (secondary N) is 1. The molecule has 2 N–H and O–H groups in total. The number of aliphatic hydroxyl groups excluding tert-OH is 1. The molecule has 6 nitrogen and oxygen atoms in total. The van der Waals surface area contributed by atoms with Crippen molar-refractivity contribution in [2.24, 2.45) is 0 Å². The lowest BCUT2D eigenvalue weighted by Crippen LogP contribution is -2.38. The Bertz CT molecular complexity index is 377. The molecule has 1 aromatic rings. The molecule has 0 amide bonds. The van der Waals surface area contributed by atoms with Crippen molar-refractivity contribution in [2.45, 2.75) is 25.8 Å². The fourth-order valence-electron chi connectivity index (χ4n) is 1.15. The van der Waals surface area contributed by atoms with Gasteiger partial charge in [0.05, 0.1) is 23.1 Å². The topological polar surface area (TPSA) is 88.3 Å². The number of hydrogen-bond acceptors (Lipinski definition) is 5. The highest BCUT2D eigenvalue weighted by molar-refractivity contribution is 5.45. The van der Waals surface area contributed by atoms with Crippen LogP contribution in [0.15, 0.2) is 18.3 Å². The molecule has 1 unspecified atom stereocenters. The molecule has 0 saturated carbocycles. The van der Waals surface area contributed by atoms with Crippen LogP contribution in [0, 0.1) is 10.1 Å². The third-order valence-corrected chi connectivity index (χ3v) is 2.51. The molecule has 0 aromatic carbocycles. The lowest BCUT2D eigenvalue weighted by Gasteiger charge is -2.27. The van der Waals surface area contributed by atoms with E-state index in [0.29, 0.717) is 12.2 Å². The third-order valence-electron chi connectivity index (χ3n) is 2.51. The second-order valence-electron chi connectivity index (χ2n) is 3.85. The average molecular weight is 225 g/mol. The number of anilines is 1. The van der Waals surface area contributed by atoms with Gasteiger partial charge in [-0.1, -0.05) is 6.92 Å². The first-order chi connectivity index (χ1) is 7.50. The Morgan fingerprint density at radius 2 is 2.38 bits per heavy atom. The van der Waals surface area contributed by atoms with Crippen molar-refractivity contribution >= 4 is 11.5 Å². The summed E-state index contributed by atoms with van der Waals surface area (Å²) in [5.74, 6) is 0.396. The Morgan fingerprint density at radius 3 is 2.88 bits per heavy atom. The van der Waals surface area contributed by atoms with E-state index >= 15 is 0 Å². The number of nitro groups is 1. The van der Waals surface area contributed by atoms with Gasteiger partial charge in [-0.3, -0.25) is 10.1 Å². The summed E-state index contributed by atoms with van der Waals surface area (Å²) in [7, 11) is 0. The second-order valence-corrected chi connectivity index (χ2v) is 3.85. The molecule has 16 heavy (non-hydrogen) atoms. The standard InChI is InChI=1S/C10H15N3O3/c1-3-10(2,7-14)12-9-6-8(13(15)16)4-5-11-9/h4-6,14H,3,7H2,1-2H3,(H,11,12). The molecule has 0 saturated heterocycles. The van der Waals surface area contributed by atoms with E-state index < -0.39 is 10.5 Å². The zero-order valence-electron chi connectivity index (χ0n) is 9.30. The molecular formula is C10H15N3O3. The number of hydrogen-bond donors (Lipinski definition) is 2. The molecule has 88 valence electrons. The van der Waals surface area contributed by atoms with Gasteiger partial charge in [-0.15, -0.1) is 0 Å². The number of aromatic nitrogens is 1. The van der Waals surface area contributed by atoms with Crippen LogP contribution >= 0.6 is 0 Å². The fourth-order valence-corrected chi connectivity index (χ4v) is 1.15. The summed E-state index contributed by atoms with van der Waals surface area (Å²) in [6, 6.07) is 2.68. The maximum Gasteiger partial charge on any atom is 0.274 e. The molecule has 6 heteroatoms. The number of pyridine rings is 1. The quantitative estimate of drug-likeness (QED) is 0.586. The van der Waals surface area contributed by atoms with Gasteiger partial charge in [-0.2, -0.15) is 0 Å². The van der Waals surface area contributed by atoms with Crippen LogP contribution in [-0.4, -0.2) is 27.2 Å².